The van der Waals surface area contributed by atoms with Crippen molar-refractivity contribution in [1.82, 2.24) is 0 Å². The fourth-order valence-electron chi connectivity index (χ4n) is 7.12. The van der Waals surface area contributed by atoms with E-state index in [1.165, 1.54) is 6.07 Å². The zero-order valence-corrected chi connectivity index (χ0v) is 22.4. The Balaban J connectivity index is 1.46. The van der Waals surface area contributed by atoms with E-state index in [0.29, 0.717) is 43.5 Å². The standard InChI is InChI=1S/C29H39FN4O4/c1-29(2)13-23-26(24(35)14-29)19-5-3-4-6-22(19)34(23)17-11-20(30)27(28(32)37)21(12-17)33-16-7-9-18(10-8-16)38-25(36)15-31/h11-12,16,18-19,22,33H,3-10,13-15,31H2,1-2H3,(H2,32,37). The van der Waals surface area contributed by atoms with E-state index in [1.54, 1.807) is 0 Å². The molecule has 2 atom stereocenters. The molecule has 1 aromatic rings. The number of Topliss-reactive ketones (excluding diaryl/α,β-unsaturated/α-hetero) is 1. The number of carbonyl (C=O) groups excluding carboxylic acids is 3. The summed E-state index contributed by atoms with van der Waals surface area (Å²) < 4.78 is 20.9. The number of allylic oxidation sites excluding steroid dienone is 1. The number of hydrogen-bond acceptors (Lipinski definition) is 7. The van der Waals surface area contributed by atoms with Gasteiger partial charge in [-0.15, -0.1) is 0 Å². The minimum Gasteiger partial charge on any atom is -0.461 e. The lowest BCUT2D eigenvalue weighted by atomic mass is 9.72. The predicted octanol–water partition coefficient (Wildman–Crippen LogP) is 4.17. The van der Waals surface area contributed by atoms with Crippen LogP contribution in [0.4, 0.5) is 15.8 Å². The van der Waals surface area contributed by atoms with Gasteiger partial charge >= 0.3 is 5.97 Å². The van der Waals surface area contributed by atoms with Crippen molar-refractivity contribution in [3.8, 4) is 0 Å². The number of nitrogens with zero attached hydrogens (tertiary/aromatic N) is 1. The van der Waals surface area contributed by atoms with E-state index in [2.05, 4.69) is 24.1 Å². The number of nitrogens with one attached hydrogen (secondary N) is 1. The van der Waals surface area contributed by atoms with Gasteiger partial charge in [0.05, 0.1) is 17.8 Å². The quantitative estimate of drug-likeness (QED) is 0.475. The van der Waals surface area contributed by atoms with Gasteiger partial charge in [-0.2, -0.15) is 0 Å². The molecule has 5 rings (SSSR count). The van der Waals surface area contributed by atoms with Gasteiger partial charge in [-0.1, -0.05) is 26.7 Å². The smallest absolute Gasteiger partial charge is 0.319 e. The van der Waals surface area contributed by atoms with Crippen LogP contribution in [-0.4, -0.2) is 42.4 Å². The van der Waals surface area contributed by atoms with E-state index in [0.717, 1.165) is 43.4 Å². The largest absolute Gasteiger partial charge is 0.461 e. The van der Waals surface area contributed by atoms with Crippen molar-refractivity contribution in [2.45, 2.75) is 96.2 Å². The van der Waals surface area contributed by atoms with E-state index in [1.807, 2.05) is 6.07 Å². The van der Waals surface area contributed by atoms with Gasteiger partial charge in [-0.25, -0.2) is 4.39 Å². The second-order valence-corrected chi connectivity index (χ2v) is 12.2. The van der Waals surface area contributed by atoms with Crippen molar-refractivity contribution in [2.24, 2.45) is 22.8 Å². The first kappa shape index (κ1) is 26.7. The van der Waals surface area contributed by atoms with E-state index in [-0.39, 0.29) is 47.4 Å². The first-order valence-electron chi connectivity index (χ1n) is 13.9. The van der Waals surface area contributed by atoms with Crippen molar-refractivity contribution in [3.05, 3.63) is 34.8 Å². The maximum absolute atomic E-state index is 15.6. The highest BCUT2D eigenvalue weighted by atomic mass is 19.1. The summed E-state index contributed by atoms with van der Waals surface area (Å²) in [7, 11) is 0. The number of ether oxygens (including phenoxy) is 1. The Bertz CT molecular complexity index is 1170. The summed E-state index contributed by atoms with van der Waals surface area (Å²) >= 11 is 0. The highest BCUT2D eigenvalue weighted by Crippen LogP contribution is 2.52. The SMILES string of the molecule is CC1(C)CC(=O)C2=C(C1)N(c1cc(F)c(C(N)=O)c(NC3CCC(OC(=O)CN)CC3)c1)C1CCCCC21. The highest BCUT2D eigenvalue weighted by Gasteiger charge is 2.49. The Morgan fingerprint density at radius 2 is 1.82 bits per heavy atom. The number of nitrogens with two attached hydrogens (primary N) is 2. The fraction of sp³-hybridized carbons (Fsp3) is 0.621. The molecule has 0 radical (unpaired) electrons. The molecule has 0 saturated heterocycles. The third kappa shape index (κ3) is 5.05. The lowest BCUT2D eigenvalue weighted by Crippen LogP contribution is -2.37. The summed E-state index contributed by atoms with van der Waals surface area (Å²) in [5.74, 6) is -1.52. The molecule has 3 aliphatic carbocycles. The van der Waals surface area contributed by atoms with Crippen LogP contribution in [0.1, 0.15) is 88.4 Å². The van der Waals surface area contributed by atoms with Crippen LogP contribution in [0.15, 0.2) is 23.4 Å². The van der Waals surface area contributed by atoms with Crippen LogP contribution in [0.2, 0.25) is 0 Å². The van der Waals surface area contributed by atoms with E-state index < -0.39 is 17.7 Å². The number of rotatable bonds is 6. The molecule has 38 heavy (non-hydrogen) atoms. The zero-order chi connectivity index (χ0) is 27.2. The first-order chi connectivity index (χ1) is 18.1. The Kier molecular flexibility index (Phi) is 7.24. The van der Waals surface area contributed by atoms with Gasteiger partial charge in [-0.05, 0) is 62.5 Å². The molecule has 2 fully saturated rings. The Morgan fingerprint density at radius 3 is 2.50 bits per heavy atom. The molecule has 1 amide bonds. The average molecular weight is 527 g/mol. The molecule has 8 nitrogen and oxygen atoms in total. The van der Waals surface area contributed by atoms with Crippen molar-refractivity contribution in [2.75, 3.05) is 16.8 Å². The summed E-state index contributed by atoms with van der Waals surface area (Å²) in [5.41, 5.74) is 13.7. The van der Waals surface area contributed by atoms with Gasteiger partial charge in [-0.3, -0.25) is 14.4 Å². The van der Waals surface area contributed by atoms with Gasteiger partial charge in [0.2, 0.25) is 0 Å². The number of fused-ring (bicyclic) bond motifs is 2. The monoisotopic (exact) mass is 526 g/mol. The number of anilines is 2. The molecule has 0 aromatic heterocycles. The molecule has 2 saturated carbocycles. The molecular formula is C29H39FN4O4. The number of amides is 1. The number of ketones is 1. The van der Waals surface area contributed by atoms with Crippen molar-refractivity contribution >= 4 is 29.0 Å². The van der Waals surface area contributed by atoms with Crippen LogP contribution < -0.4 is 21.7 Å². The zero-order valence-electron chi connectivity index (χ0n) is 22.4. The third-order valence-corrected chi connectivity index (χ3v) is 8.72. The van der Waals surface area contributed by atoms with Gasteiger partial charge in [0, 0.05) is 41.4 Å². The van der Waals surface area contributed by atoms with Crippen molar-refractivity contribution in [3.63, 3.8) is 0 Å². The number of carbonyl (C=O) groups is 3. The number of halogens is 1. The third-order valence-electron chi connectivity index (χ3n) is 8.72. The van der Waals surface area contributed by atoms with E-state index in [9.17, 15) is 14.4 Å². The predicted molar refractivity (Wildman–Crippen MR) is 143 cm³/mol. The van der Waals surface area contributed by atoms with Crippen LogP contribution in [0.5, 0.6) is 0 Å². The lowest BCUT2D eigenvalue weighted by Gasteiger charge is -2.37. The van der Waals surface area contributed by atoms with Crippen molar-refractivity contribution < 1.29 is 23.5 Å². The molecule has 1 heterocycles. The molecule has 5 N–H and O–H groups in total. The molecule has 1 aliphatic heterocycles. The maximum Gasteiger partial charge on any atom is 0.319 e. The lowest BCUT2D eigenvalue weighted by molar-refractivity contribution is -0.148. The van der Waals surface area contributed by atoms with Crippen LogP contribution in [0, 0.1) is 17.2 Å². The molecular weight excluding hydrogens is 487 g/mol. The second kappa shape index (κ2) is 10.3. The Labute approximate surface area is 223 Å². The maximum atomic E-state index is 15.6. The summed E-state index contributed by atoms with van der Waals surface area (Å²) in [6.07, 6.45) is 7.87. The molecule has 0 spiro atoms. The van der Waals surface area contributed by atoms with E-state index in [4.69, 9.17) is 16.2 Å². The molecule has 4 aliphatic rings. The van der Waals surface area contributed by atoms with Gasteiger partial charge in [0.15, 0.2) is 5.78 Å². The summed E-state index contributed by atoms with van der Waals surface area (Å²) in [4.78, 5) is 39.4. The highest BCUT2D eigenvalue weighted by molar-refractivity contribution is 6.01. The Hall–Kier alpha value is -2.94. The van der Waals surface area contributed by atoms with Crippen LogP contribution in [0.3, 0.4) is 0 Å². The van der Waals surface area contributed by atoms with Crippen LogP contribution in [-0.2, 0) is 14.3 Å². The molecule has 9 heteroatoms. The molecule has 2 unspecified atom stereocenters. The van der Waals surface area contributed by atoms with Gasteiger partial charge in [0.1, 0.15) is 11.9 Å². The number of hydrogen-bond donors (Lipinski definition) is 3. The topological polar surface area (TPSA) is 128 Å². The summed E-state index contributed by atoms with van der Waals surface area (Å²) in [6.45, 7) is 4.07. The normalized spacial score (nSPS) is 28.5. The minimum atomic E-state index is -0.826. The number of primary amides is 1. The average Bonchev–Trinajstić information content (AvgIpc) is 3.17. The van der Waals surface area contributed by atoms with E-state index >= 15 is 4.39 Å². The fourth-order valence-corrected chi connectivity index (χ4v) is 7.12. The number of esters is 1. The minimum absolute atomic E-state index is 0.0263. The van der Waals surface area contributed by atoms with Gasteiger partial charge < -0.3 is 26.4 Å². The van der Waals surface area contributed by atoms with Crippen LogP contribution >= 0.6 is 0 Å². The Morgan fingerprint density at radius 1 is 1.11 bits per heavy atom. The summed E-state index contributed by atoms with van der Waals surface area (Å²) in [6, 6.07) is 3.33. The molecule has 1 aromatic carbocycles. The number of benzene rings is 1. The second-order valence-electron chi connectivity index (χ2n) is 12.2. The van der Waals surface area contributed by atoms with Gasteiger partial charge in [0.25, 0.3) is 5.91 Å². The van der Waals surface area contributed by atoms with Crippen molar-refractivity contribution in [1.29, 1.82) is 0 Å². The molecule has 206 valence electrons. The molecule has 0 bridgehead atoms. The first-order valence-corrected chi connectivity index (χ1v) is 13.9. The summed E-state index contributed by atoms with van der Waals surface area (Å²) in [5, 5.41) is 3.38. The van der Waals surface area contributed by atoms with Crippen LogP contribution in [0.25, 0.3) is 0 Å².